The third-order valence-corrected chi connectivity index (χ3v) is 5.33. The molecule has 26 heavy (non-hydrogen) atoms. The van der Waals surface area contributed by atoms with Crippen LogP contribution in [0, 0.1) is 10.1 Å². The smallest absolute Gasteiger partial charge is 0.292 e. The van der Waals surface area contributed by atoms with Gasteiger partial charge >= 0.3 is 0 Å². The van der Waals surface area contributed by atoms with E-state index in [9.17, 15) is 18.5 Å². The predicted octanol–water partition coefficient (Wildman–Crippen LogP) is 2.23. The van der Waals surface area contributed by atoms with E-state index in [1.54, 1.807) is 18.2 Å². The summed E-state index contributed by atoms with van der Waals surface area (Å²) < 4.78 is 27.4. The van der Waals surface area contributed by atoms with E-state index in [4.69, 9.17) is 0 Å². The summed E-state index contributed by atoms with van der Waals surface area (Å²) in [4.78, 5) is 12.9. The van der Waals surface area contributed by atoms with Crippen molar-refractivity contribution >= 4 is 39.5 Å². The van der Waals surface area contributed by atoms with Crippen LogP contribution < -0.4 is 14.9 Å². The molecule has 0 amide bonds. The zero-order valence-electron chi connectivity index (χ0n) is 13.8. The second-order valence-corrected chi connectivity index (χ2v) is 7.30. The molecule has 0 bridgehead atoms. The van der Waals surface area contributed by atoms with Crippen LogP contribution in [0.5, 0.6) is 0 Å². The Morgan fingerprint density at radius 2 is 1.73 bits per heavy atom. The molecule has 3 rings (SSSR count). The molecule has 1 fully saturated rings. The lowest BCUT2D eigenvalue weighted by atomic mass is 10.2. The Morgan fingerprint density at radius 3 is 2.35 bits per heavy atom. The summed E-state index contributed by atoms with van der Waals surface area (Å²) in [6.07, 6.45) is 0. The van der Waals surface area contributed by atoms with Gasteiger partial charge in [-0.25, -0.2) is 8.42 Å². The molecule has 0 aliphatic carbocycles. The third-order valence-electron chi connectivity index (χ3n) is 3.94. The van der Waals surface area contributed by atoms with Gasteiger partial charge in [-0.2, -0.15) is 0 Å². The molecule has 2 N–H and O–H groups in total. The largest absolute Gasteiger partial charge is 0.363 e. The van der Waals surface area contributed by atoms with Gasteiger partial charge in [0.25, 0.3) is 15.7 Å². The molecule has 10 heteroatoms. The van der Waals surface area contributed by atoms with Crippen LogP contribution >= 0.6 is 12.4 Å². The van der Waals surface area contributed by atoms with Crippen molar-refractivity contribution in [3.05, 3.63) is 58.6 Å². The SMILES string of the molecule is Cl.O=[N+]([O-])c1ccc(NS(=O)(=O)c2ccccc2)cc1N1CCNCC1. The van der Waals surface area contributed by atoms with Crippen molar-refractivity contribution in [2.75, 3.05) is 35.8 Å². The quantitative estimate of drug-likeness (QED) is 0.591. The van der Waals surface area contributed by atoms with Crippen LogP contribution in [-0.2, 0) is 10.0 Å². The fraction of sp³-hybridized carbons (Fsp3) is 0.250. The summed E-state index contributed by atoms with van der Waals surface area (Å²) in [6.45, 7) is 2.68. The zero-order valence-corrected chi connectivity index (χ0v) is 15.4. The number of nitro groups is 1. The van der Waals surface area contributed by atoms with E-state index in [0.717, 1.165) is 13.1 Å². The van der Waals surface area contributed by atoms with Crippen LogP contribution in [0.15, 0.2) is 53.4 Å². The minimum atomic E-state index is -3.74. The van der Waals surface area contributed by atoms with Crippen molar-refractivity contribution in [1.29, 1.82) is 0 Å². The second kappa shape index (κ2) is 8.35. The van der Waals surface area contributed by atoms with E-state index >= 15 is 0 Å². The van der Waals surface area contributed by atoms with E-state index in [2.05, 4.69) is 10.0 Å². The topological polar surface area (TPSA) is 105 Å². The van der Waals surface area contributed by atoms with E-state index in [-0.39, 0.29) is 23.0 Å². The number of nitrogens with zero attached hydrogens (tertiary/aromatic N) is 2. The Bertz CT molecular complexity index is 871. The number of piperazine rings is 1. The fourth-order valence-electron chi connectivity index (χ4n) is 2.71. The number of rotatable bonds is 5. The van der Waals surface area contributed by atoms with Crippen LogP contribution in [0.2, 0.25) is 0 Å². The number of sulfonamides is 1. The summed E-state index contributed by atoms with van der Waals surface area (Å²) in [5.74, 6) is 0. The highest BCUT2D eigenvalue weighted by molar-refractivity contribution is 7.92. The molecule has 0 aromatic heterocycles. The Morgan fingerprint density at radius 1 is 1.08 bits per heavy atom. The zero-order chi connectivity index (χ0) is 17.9. The molecule has 8 nitrogen and oxygen atoms in total. The maximum Gasteiger partial charge on any atom is 0.292 e. The summed E-state index contributed by atoms with van der Waals surface area (Å²) in [5.41, 5.74) is 0.673. The summed E-state index contributed by atoms with van der Waals surface area (Å²) in [5, 5.41) is 14.5. The van der Waals surface area contributed by atoms with Crippen molar-refractivity contribution in [2.24, 2.45) is 0 Å². The maximum absolute atomic E-state index is 12.4. The van der Waals surface area contributed by atoms with Crippen molar-refractivity contribution in [1.82, 2.24) is 5.32 Å². The molecule has 0 radical (unpaired) electrons. The fourth-order valence-corrected chi connectivity index (χ4v) is 3.78. The van der Waals surface area contributed by atoms with Gasteiger partial charge in [0.1, 0.15) is 5.69 Å². The molecule has 2 aromatic rings. The molecular weight excluding hydrogens is 380 g/mol. The summed E-state index contributed by atoms with van der Waals surface area (Å²) in [7, 11) is -3.74. The standard InChI is InChI=1S/C16H18N4O4S.ClH/c21-20(22)15-7-6-13(12-16(15)19-10-8-17-9-11-19)18-25(23,24)14-4-2-1-3-5-14;/h1-7,12,17-18H,8-11H2;1H. The molecule has 140 valence electrons. The molecule has 0 saturated carbocycles. The maximum atomic E-state index is 12.4. The van der Waals surface area contributed by atoms with Gasteiger partial charge in [-0.1, -0.05) is 18.2 Å². The van der Waals surface area contributed by atoms with E-state index in [0.29, 0.717) is 24.5 Å². The molecule has 0 unspecified atom stereocenters. The van der Waals surface area contributed by atoms with Crippen LogP contribution in [0.3, 0.4) is 0 Å². The van der Waals surface area contributed by atoms with Gasteiger partial charge in [-0.3, -0.25) is 14.8 Å². The molecule has 1 aliphatic heterocycles. The first-order valence-corrected chi connectivity index (χ1v) is 9.28. The van der Waals surface area contributed by atoms with Gasteiger partial charge in [-0.05, 0) is 24.3 Å². The van der Waals surface area contributed by atoms with Gasteiger partial charge < -0.3 is 10.2 Å². The normalized spacial score (nSPS) is 14.4. The number of hydrogen-bond donors (Lipinski definition) is 2. The average Bonchev–Trinajstić information content (AvgIpc) is 2.62. The predicted molar refractivity (Wildman–Crippen MR) is 103 cm³/mol. The van der Waals surface area contributed by atoms with Gasteiger partial charge in [0.05, 0.1) is 15.5 Å². The number of hydrogen-bond acceptors (Lipinski definition) is 6. The van der Waals surface area contributed by atoms with E-state index < -0.39 is 14.9 Å². The van der Waals surface area contributed by atoms with Crippen molar-refractivity contribution in [3.63, 3.8) is 0 Å². The lowest BCUT2D eigenvalue weighted by molar-refractivity contribution is -0.384. The lowest BCUT2D eigenvalue weighted by Gasteiger charge is -2.29. The van der Waals surface area contributed by atoms with Gasteiger partial charge in [0.15, 0.2) is 0 Å². The molecule has 1 saturated heterocycles. The first kappa shape index (κ1) is 20.0. The Kier molecular flexibility index (Phi) is 6.41. The monoisotopic (exact) mass is 398 g/mol. The molecule has 0 spiro atoms. The number of benzene rings is 2. The Hall–Kier alpha value is -2.36. The average molecular weight is 399 g/mol. The van der Waals surface area contributed by atoms with Crippen molar-refractivity contribution < 1.29 is 13.3 Å². The Balaban J connectivity index is 0.00000243. The highest BCUT2D eigenvalue weighted by atomic mass is 35.5. The summed E-state index contributed by atoms with van der Waals surface area (Å²) >= 11 is 0. The molecule has 1 heterocycles. The van der Waals surface area contributed by atoms with Crippen LogP contribution in [-0.4, -0.2) is 39.5 Å². The third kappa shape index (κ3) is 4.43. The molecule has 2 aromatic carbocycles. The number of nitro benzene ring substituents is 1. The minimum absolute atomic E-state index is 0. The highest BCUT2D eigenvalue weighted by Crippen LogP contribution is 2.32. The van der Waals surface area contributed by atoms with Gasteiger partial charge in [0.2, 0.25) is 0 Å². The van der Waals surface area contributed by atoms with Gasteiger partial charge in [0, 0.05) is 32.2 Å². The van der Waals surface area contributed by atoms with Gasteiger partial charge in [-0.15, -0.1) is 12.4 Å². The molecule has 0 atom stereocenters. The van der Waals surface area contributed by atoms with Crippen LogP contribution in [0.4, 0.5) is 17.1 Å². The summed E-state index contributed by atoms with van der Waals surface area (Å²) in [6, 6.07) is 12.2. The number of halogens is 1. The van der Waals surface area contributed by atoms with E-state index in [1.165, 1.54) is 30.3 Å². The number of anilines is 2. The first-order valence-electron chi connectivity index (χ1n) is 7.79. The molecule has 1 aliphatic rings. The highest BCUT2D eigenvalue weighted by Gasteiger charge is 2.23. The molecular formula is C16H19ClN4O4S. The minimum Gasteiger partial charge on any atom is -0.363 e. The Labute approximate surface area is 157 Å². The van der Waals surface area contributed by atoms with Crippen LogP contribution in [0.1, 0.15) is 0 Å². The van der Waals surface area contributed by atoms with Crippen molar-refractivity contribution in [2.45, 2.75) is 4.90 Å². The second-order valence-electron chi connectivity index (χ2n) is 5.62. The van der Waals surface area contributed by atoms with Crippen LogP contribution in [0.25, 0.3) is 0 Å². The van der Waals surface area contributed by atoms with E-state index in [1.807, 2.05) is 4.90 Å². The number of nitrogens with one attached hydrogen (secondary N) is 2. The van der Waals surface area contributed by atoms with Crippen molar-refractivity contribution in [3.8, 4) is 0 Å². The first-order chi connectivity index (χ1) is 12.0. The lowest BCUT2D eigenvalue weighted by Crippen LogP contribution is -2.43.